The number of aryl methyl sites for hydroxylation is 3. The fourth-order valence-corrected chi connectivity index (χ4v) is 4.27. The number of nitrogens with two attached hydrogens (primary N) is 1. The monoisotopic (exact) mass is 482 g/mol. The Morgan fingerprint density at radius 1 is 1.15 bits per heavy atom. The standard InChI is InChI=1S/C25H24ClFN4O3/c1-13-9-18(33-4)10-19(34-12-20(28)32)22(13)24-25(31-11-17(27)5-6-21(31)29-24)30-23-14(2)7-16(26)8-15(23)3/h5-11,30H,12H2,1-4H3,(H2,28,32). The van der Waals surface area contributed by atoms with Crippen molar-refractivity contribution in [3.63, 3.8) is 0 Å². The van der Waals surface area contributed by atoms with Gasteiger partial charge in [-0.1, -0.05) is 11.6 Å². The molecule has 0 atom stereocenters. The quantitative estimate of drug-likeness (QED) is 0.371. The maximum Gasteiger partial charge on any atom is 0.255 e. The molecule has 3 N–H and O–H groups in total. The first-order valence-electron chi connectivity index (χ1n) is 10.5. The molecule has 2 heterocycles. The van der Waals surface area contributed by atoms with Crippen LogP contribution < -0.4 is 20.5 Å². The molecule has 0 radical (unpaired) electrons. The minimum absolute atomic E-state index is 0.320. The van der Waals surface area contributed by atoms with Crippen LogP contribution in [-0.2, 0) is 4.79 Å². The first kappa shape index (κ1) is 23.4. The third-order valence-electron chi connectivity index (χ3n) is 5.44. The van der Waals surface area contributed by atoms with Gasteiger partial charge in [0.1, 0.15) is 34.5 Å². The van der Waals surface area contributed by atoms with Gasteiger partial charge in [-0.3, -0.25) is 9.20 Å². The highest BCUT2D eigenvalue weighted by molar-refractivity contribution is 6.30. The smallest absolute Gasteiger partial charge is 0.255 e. The van der Waals surface area contributed by atoms with Crippen LogP contribution in [0.15, 0.2) is 42.6 Å². The van der Waals surface area contributed by atoms with Gasteiger partial charge in [0.25, 0.3) is 5.91 Å². The Labute approximate surface area is 201 Å². The van der Waals surface area contributed by atoms with E-state index in [-0.39, 0.29) is 6.61 Å². The molecule has 0 saturated heterocycles. The Morgan fingerprint density at radius 3 is 2.50 bits per heavy atom. The summed E-state index contributed by atoms with van der Waals surface area (Å²) in [6, 6.07) is 10.1. The van der Waals surface area contributed by atoms with Crippen LogP contribution in [-0.4, -0.2) is 29.0 Å². The van der Waals surface area contributed by atoms with Crippen molar-refractivity contribution in [1.82, 2.24) is 9.38 Å². The number of carbonyl (C=O) groups is 1. The van der Waals surface area contributed by atoms with Crippen LogP contribution >= 0.6 is 11.6 Å². The number of primary amides is 1. The molecule has 0 aliphatic carbocycles. The second kappa shape index (κ2) is 9.23. The van der Waals surface area contributed by atoms with Crippen LogP contribution in [0.1, 0.15) is 16.7 Å². The Kier molecular flexibility index (Phi) is 6.34. The number of nitrogens with one attached hydrogen (secondary N) is 1. The van der Waals surface area contributed by atoms with Gasteiger partial charge in [-0.05, 0) is 67.8 Å². The molecular weight excluding hydrogens is 459 g/mol. The topological polar surface area (TPSA) is 90.9 Å². The molecule has 0 bridgehead atoms. The van der Waals surface area contributed by atoms with Gasteiger partial charge in [-0.25, -0.2) is 9.37 Å². The van der Waals surface area contributed by atoms with E-state index in [9.17, 15) is 9.18 Å². The van der Waals surface area contributed by atoms with Crippen molar-refractivity contribution in [2.45, 2.75) is 20.8 Å². The molecule has 34 heavy (non-hydrogen) atoms. The number of pyridine rings is 1. The minimum atomic E-state index is -0.616. The highest BCUT2D eigenvalue weighted by atomic mass is 35.5. The average molecular weight is 483 g/mol. The van der Waals surface area contributed by atoms with Crippen LogP contribution in [0.4, 0.5) is 15.9 Å². The van der Waals surface area contributed by atoms with Crippen LogP contribution in [0, 0.1) is 26.6 Å². The van der Waals surface area contributed by atoms with E-state index in [4.69, 9.17) is 31.8 Å². The molecule has 0 fully saturated rings. The highest BCUT2D eigenvalue weighted by Crippen LogP contribution is 2.42. The number of ether oxygens (including phenoxy) is 2. The SMILES string of the molecule is COc1cc(C)c(-c2nc3ccc(F)cn3c2Nc2c(C)cc(Cl)cc2C)c(OCC(N)=O)c1. The van der Waals surface area contributed by atoms with Crippen LogP contribution in [0.2, 0.25) is 5.02 Å². The molecule has 176 valence electrons. The fourth-order valence-electron chi connectivity index (χ4n) is 3.95. The van der Waals surface area contributed by atoms with Crippen molar-refractivity contribution in [2.75, 3.05) is 19.0 Å². The van der Waals surface area contributed by atoms with Gasteiger partial charge in [-0.15, -0.1) is 0 Å². The summed E-state index contributed by atoms with van der Waals surface area (Å²) >= 11 is 6.22. The van der Waals surface area contributed by atoms with Gasteiger partial charge in [0.2, 0.25) is 0 Å². The number of amides is 1. The largest absolute Gasteiger partial charge is 0.497 e. The summed E-state index contributed by atoms with van der Waals surface area (Å²) in [5.74, 6) is 0.414. The number of carbonyl (C=O) groups excluding carboxylic acids is 1. The Bertz CT molecular complexity index is 1390. The van der Waals surface area contributed by atoms with Gasteiger partial charge in [-0.2, -0.15) is 0 Å². The number of hydrogen-bond donors (Lipinski definition) is 2. The van der Waals surface area contributed by atoms with E-state index in [0.29, 0.717) is 39.2 Å². The maximum atomic E-state index is 14.3. The van der Waals surface area contributed by atoms with Crippen molar-refractivity contribution in [3.8, 4) is 22.8 Å². The van der Waals surface area contributed by atoms with Crippen molar-refractivity contribution in [3.05, 3.63) is 70.1 Å². The summed E-state index contributed by atoms with van der Waals surface area (Å²) in [6.07, 6.45) is 1.36. The molecule has 4 aromatic rings. The van der Waals surface area contributed by atoms with E-state index < -0.39 is 11.7 Å². The zero-order valence-corrected chi connectivity index (χ0v) is 20.0. The Hall–Kier alpha value is -3.78. The van der Waals surface area contributed by atoms with Crippen molar-refractivity contribution >= 4 is 34.7 Å². The van der Waals surface area contributed by atoms with Crippen LogP contribution in [0.3, 0.4) is 0 Å². The summed E-state index contributed by atoms with van der Waals surface area (Å²) in [5, 5.41) is 4.05. The normalized spacial score (nSPS) is 11.0. The Balaban J connectivity index is 1.98. The van der Waals surface area contributed by atoms with Gasteiger partial charge in [0, 0.05) is 28.5 Å². The lowest BCUT2D eigenvalue weighted by atomic mass is 10.0. The number of imidazole rings is 1. The zero-order chi connectivity index (χ0) is 24.6. The zero-order valence-electron chi connectivity index (χ0n) is 19.2. The van der Waals surface area contributed by atoms with Gasteiger partial charge in [0.05, 0.1) is 7.11 Å². The third-order valence-corrected chi connectivity index (χ3v) is 5.66. The predicted octanol–water partition coefficient (Wildman–Crippen LogP) is 5.34. The summed E-state index contributed by atoms with van der Waals surface area (Å²) in [7, 11) is 1.54. The molecule has 7 nitrogen and oxygen atoms in total. The molecule has 9 heteroatoms. The van der Waals surface area contributed by atoms with Crippen molar-refractivity contribution in [2.24, 2.45) is 5.73 Å². The van der Waals surface area contributed by atoms with E-state index >= 15 is 0 Å². The first-order chi connectivity index (χ1) is 16.2. The molecular formula is C25H24ClFN4O3. The van der Waals surface area contributed by atoms with E-state index in [1.807, 2.05) is 39.0 Å². The van der Waals surface area contributed by atoms with Crippen LogP contribution in [0.25, 0.3) is 16.9 Å². The summed E-state index contributed by atoms with van der Waals surface area (Å²) in [5.41, 5.74) is 10.4. The summed E-state index contributed by atoms with van der Waals surface area (Å²) in [4.78, 5) is 16.2. The average Bonchev–Trinajstić information content (AvgIpc) is 3.11. The molecule has 2 aromatic carbocycles. The number of nitrogens with zero attached hydrogens (tertiary/aromatic N) is 2. The number of hydrogen-bond acceptors (Lipinski definition) is 5. The number of halogens is 2. The van der Waals surface area contributed by atoms with Crippen molar-refractivity contribution in [1.29, 1.82) is 0 Å². The number of methoxy groups -OCH3 is 1. The third kappa shape index (κ3) is 4.49. The molecule has 2 aromatic heterocycles. The molecule has 0 saturated carbocycles. The molecule has 0 aliphatic heterocycles. The lowest BCUT2D eigenvalue weighted by molar-refractivity contribution is -0.119. The number of fused-ring (bicyclic) bond motifs is 1. The second-order valence-electron chi connectivity index (χ2n) is 8.00. The predicted molar refractivity (Wildman–Crippen MR) is 131 cm³/mol. The van der Waals surface area contributed by atoms with Gasteiger partial charge < -0.3 is 20.5 Å². The molecule has 0 aliphatic rings. The number of rotatable bonds is 7. The first-order valence-corrected chi connectivity index (χ1v) is 10.9. The van der Waals surface area contributed by atoms with E-state index in [1.165, 1.54) is 12.3 Å². The second-order valence-corrected chi connectivity index (χ2v) is 8.43. The molecule has 4 rings (SSSR count). The number of aromatic nitrogens is 2. The van der Waals surface area contributed by atoms with E-state index in [2.05, 4.69) is 5.32 Å². The fraction of sp³-hybridized carbons (Fsp3) is 0.200. The summed E-state index contributed by atoms with van der Waals surface area (Å²) < 4.78 is 27.0. The number of benzene rings is 2. The highest BCUT2D eigenvalue weighted by Gasteiger charge is 2.23. The van der Waals surface area contributed by atoms with Crippen LogP contribution in [0.5, 0.6) is 11.5 Å². The summed E-state index contributed by atoms with van der Waals surface area (Å²) in [6.45, 7) is 5.43. The van der Waals surface area contributed by atoms with E-state index in [0.717, 1.165) is 22.4 Å². The van der Waals surface area contributed by atoms with Gasteiger partial charge in [0.15, 0.2) is 6.61 Å². The molecule has 0 unspecified atom stereocenters. The maximum absolute atomic E-state index is 14.3. The molecule has 0 spiro atoms. The van der Waals surface area contributed by atoms with Gasteiger partial charge >= 0.3 is 0 Å². The van der Waals surface area contributed by atoms with E-state index in [1.54, 1.807) is 23.6 Å². The Morgan fingerprint density at radius 2 is 1.85 bits per heavy atom. The number of anilines is 2. The minimum Gasteiger partial charge on any atom is -0.497 e. The van der Waals surface area contributed by atoms with Crippen molar-refractivity contribution < 1.29 is 18.7 Å². The lowest BCUT2D eigenvalue weighted by Crippen LogP contribution is -2.20. The molecule has 1 amide bonds. The lowest BCUT2D eigenvalue weighted by Gasteiger charge is -2.17.